The average Bonchev–Trinajstić information content (AvgIpc) is 2.64. The lowest BCUT2D eigenvalue weighted by atomic mass is 10.1. The number of amides is 2. The molecule has 0 saturated carbocycles. The van der Waals surface area contributed by atoms with E-state index in [-0.39, 0.29) is 17.4 Å². The topological polar surface area (TPSA) is 49.9 Å². The zero-order valence-corrected chi connectivity index (χ0v) is 14.8. The first kappa shape index (κ1) is 17.9. The molecule has 0 spiro atoms. The molecule has 6 heteroatoms. The molecule has 0 aliphatic carbocycles. The summed E-state index contributed by atoms with van der Waals surface area (Å²) in [5.74, 6) is -0.365. The van der Waals surface area contributed by atoms with Gasteiger partial charge >= 0.3 is 0 Å². The van der Waals surface area contributed by atoms with Gasteiger partial charge in [-0.25, -0.2) is 4.39 Å². The maximum absolute atomic E-state index is 13.4. The first-order chi connectivity index (χ1) is 12.5. The summed E-state index contributed by atoms with van der Waals surface area (Å²) in [4.78, 5) is 28.7. The Balaban J connectivity index is 1.82. The molecule has 2 aromatic carbocycles. The molecule has 136 valence electrons. The highest BCUT2D eigenvalue weighted by Crippen LogP contribution is 2.30. The SMILES string of the molecule is CCOc1ccccc1N1CCN(C(=O)c2cccc(F)c2)[C@H](C)C1=O. The Morgan fingerprint density at radius 1 is 1.19 bits per heavy atom. The van der Waals surface area contributed by atoms with E-state index in [2.05, 4.69) is 0 Å². The van der Waals surface area contributed by atoms with E-state index in [1.165, 1.54) is 23.1 Å². The number of benzene rings is 2. The van der Waals surface area contributed by atoms with Crippen molar-refractivity contribution in [2.75, 3.05) is 24.6 Å². The smallest absolute Gasteiger partial charge is 0.254 e. The first-order valence-corrected chi connectivity index (χ1v) is 8.62. The van der Waals surface area contributed by atoms with E-state index in [4.69, 9.17) is 4.74 Å². The summed E-state index contributed by atoms with van der Waals surface area (Å²) >= 11 is 0. The molecule has 3 rings (SSSR count). The highest BCUT2D eigenvalue weighted by molar-refractivity contribution is 6.04. The number of ether oxygens (including phenoxy) is 1. The number of halogens is 1. The molecule has 0 bridgehead atoms. The second kappa shape index (κ2) is 7.56. The van der Waals surface area contributed by atoms with E-state index in [0.29, 0.717) is 31.1 Å². The van der Waals surface area contributed by atoms with Crippen LogP contribution in [0.15, 0.2) is 48.5 Å². The minimum absolute atomic E-state index is 0.187. The third-order valence-electron chi connectivity index (χ3n) is 4.44. The summed E-state index contributed by atoms with van der Waals surface area (Å²) in [6, 6.07) is 12.2. The van der Waals surface area contributed by atoms with Crippen LogP contribution in [0.4, 0.5) is 10.1 Å². The van der Waals surface area contributed by atoms with Gasteiger partial charge in [-0.2, -0.15) is 0 Å². The number of para-hydroxylation sites is 2. The minimum Gasteiger partial charge on any atom is -0.492 e. The molecule has 2 amide bonds. The van der Waals surface area contributed by atoms with E-state index in [9.17, 15) is 14.0 Å². The van der Waals surface area contributed by atoms with E-state index in [0.717, 1.165) is 0 Å². The predicted octanol–water partition coefficient (Wildman–Crippen LogP) is 3.10. The molecule has 1 saturated heterocycles. The van der Waals surface area contributed by atoms with Crippen molar-refractivity contribution in [1.82, 2.24) is 4.90 Å². The van der Waals surface area contributed by atoms with Gasteiger partial charge in [0.15, 0.2) is 0 Å². The van der Waals surface area contributed by atoms with E-state index >= 15 is 0 Å². The molecule has 1 aliphatic heterocycles. The van der Waals surface area contributed by atoms with E-state index in [1.807, 2.05) is 31.2 Å². The Labute approximate surface area is 152 Å². The number of anilines is 1. The van der Waals surface area contributed by atoms with Crippen LogP contribution in [0.3, 0.4) is 0 Å². The fourth-order valence-corrected chi connectivity index (χ4v) is 3.13. The standard InChI is InChI=1S/C20H21FN2O3/c1-3-26-18-10-5-4-9-17(18)23-12-11-22(14(2)19(23)24)20(25)15-7-6-8-16(21)13-15/h4-10,13-14H,3,11-12H2,1-2H3/t14-/m1/s1. The number of hydrogen-bond donors (Lipinski definition) is 0. The maximum Gasteiger partial charge on any atom is 0.254 e. The van der Waals surface area contributed by atoms with Crippen LogP contribution in [0.2, 0.25) is 0 Å². The van der Waals surface area contributed by atoms with Gasteiger partial charge in [0, 0.05) is 18.7 Å². The quantitative estimate of drug-likeness (QED) is 0.846. The summed E-state index contributed by atoms with van der Waals surface area (Å²) in [5, 5.41) is 0. The van der Waals surface area contributed by atoms with Crippen LogP contribution >= 0.6 is 0 Å². The Hall–Kier alpha value is -2.89. The molecule has 1 fully saturated rings. The molecular formula is C20H21FN2O3. The molecular weight excluding hydrogens is 335 g/mol. The molecule has 0 unspecified atom stereocenters. The lowest BCUT2D eigenvalue weighted by Gasteiger charge is -2.39. The van der Waals surface area contributed by atoms with Crippen molar-refractivity contribution >= 4 is 17.5 Å². The van der Waals surface area contributed by atoms with Gasteiger partial charge in [-0.3, -0.25) is 9.59 Å². The van der Waals surface area contributed by atoms with Crippen molar-refractivity contribution < 1.29 is 18.7 Å². The summed E-state index contributed by atoms with van der Waals surface area (Å²) in [7, 11) is 0. The second-order valence-electron chi connectivity index (χ2n) is 6.08. The zero-order valence-electron chi connectivity index (χ0n) is 14.8. The van der Waals surface area contributed by atoms with Crippen molar-refractivity contribution in [3.05, 3.63) is 59.9 Å². The molecule has 1 aliphatic rings. The lowest BCUT2D eigenvalue weighted by molar-refractivity contribution is -0.124. The largest absolute Gasteiger partial charge is 0.492 e. The van der Waals surface area contributed by atoms with Crippen LogP contribution in [-0.4, -0.2) is 42.5 Å². The van der Waals surface area contributed by atoms with Gasteiger partial charge in [0.05, 0.1) is 12.3 Å². The number of hydrogen-bond acceptors (Lipinski definition) is 3. The highest BCUT2D eigenvalue weighted by atomic mass is 19.1. The maximum atomic E-state index is 13.4. The van der Waals surface area contributed by atoms with Crippen molar-refractivity contribution in [2.24, 2.45) is 0 Å². The van der Waals surface area contributed by atoms with Gasteiger partial charge in [-0.05, 0) is 44.2 Å². The number of nitrogens with zero attached hydrogens (tertiary/aromatic N) is 2. The summed E-state index contributed by atoms with van der Waals surface area (Å²) in [6.07, 6.45) is 0. The Morgan fingerprint density at radius 3 is 2.69 bits per heavy atom. The van der Waals surface area contributed by atoms with Crippen LogP contribution in [0.1, 0.15) is 24.2 Å². The highest BCUT2D eigenvalue weighted by Gasteiger charge is 2.36. The van der Waals surface area contributed by atoms with Crippen molar-refractivity contribution in [2.45, 2.75) is 19.9 Å². The molecule has 1 atom stereocenters. The minimum atomic E-state index is -0.644. The number of carbonyl (C=O) groups is 2. The molecule has 0 aromatic heterocycles. The molecule has 2 aromatic rings. The number of rotatable bonds is 4. The first-order valence-electron chi connectivity index (χ1n) is 8.62. The Kier molecular flexibility index (Phi) is 5.21. The predicted molar refractivity (Wildman–Crippen MR) is 96.9 cm³/mol. The fraction of sp³-hybridized carbons (Fsp3) is 0.300. The molecule has 0 radical (unpaired) electrons. The van der Waals surface area contributed by atoms with Gasteiger partial charge in [0.25, 0.3) is 5.91 Å². The molecule has 0 N–H and O–H groups in total. The second-order valence-corrected chi connectivity index (χ2v) is 6.08. The van der Waals surface area contributed by atoms with Crippen LogP contribution < -0.4 is 9.64 Å². The van der Waals surface area contributed by atoms with Crippen LogP contribution in [0, 0.1) is 5.82 Å². The Bertz CT molecular complexity index is 824. The van der Waals surface area contributed by atoms with Crippen molar-refractivity contribution in [3.63, 3.8) is 0 Å². The third-order valence-corrected chi connectivity index (χ3v) is 4.44. The monoisotopic (exact) mass is 356 g/mol. The molecule has 5 nitrogen and oxygen atoms in total. The fourth-order valence-electron chi connectivity index (χ4n) is 3.13. The van der Waals surface area contributed by atoms with Crippen molar-refractivity contribution in [1.29, 1.82) is 0 Å². The summed E-state index contributed by atoms with van der Waals surface area (Å²) < 4.78 is 19.0. The van der Waals surface area contributed by atoms with Crippen molar-refractivity contribution in [3.8, 4) is 5.75 Å². The normalized spacial score (nSPS) is 17.3. The summed E-state index contributed by atoms with van der Waals surface area (Å²) in [5.41, 5.74) is 0.942. The van der Waals surface area contributed by atoms with Gasteiger partial charge in [0.1, 0.15) is 17.6 Å². The average molecular weight is 356 g/mol. The Morgan fingerprint density at radius 2 is 1.96 bits per heavy atom. The van der Waals surface area contributed by atoms with Crippen LogP contribution in [-0.2, 0) is 4.79 Å². The lowest BCUT2D eigenvalue weighted by Crippen LogP contribution is -2.57. The van der Waals surface area contributed by atoms with Gasteiger partial charge in [-0.15, -0.1) is 0 Å². The molecule has 26 heavy (non-hydrogen) atoms. The zero-order chi connectivity index (χ0) is 18.7. The van der Waals surface area contributed by atoms with E-state index < -0.39 is 11.9 Å². The number of piperazine rings is 1. The van der Waals surface area contributed by atoms with Gasteiger partial charge in [0.2, 0.25) is 5.91 Å². The van der Waals surface area contributed by atoms with E-state index in [1.54, 1.807) is 17.9 Å². The molecule has 1 heterocycles. The van der Waals surface area contributed by atoms with Gasteiger partial charge < -0.3 is 14.5 Å². The van der Waals surface area contributed by atoms with Crippen LogP contribution in [0.5, 0.6) is 5.75 Å². The van der Waals surface area contributed by atoms with Gasteiger partial charge in [-0.1, -0.05) is 18.2 Å². The van der Waals surface area contributed by atoms with Crippen LogP contribution in [0.25, 0.3) is 0 Å². The number of carbonyl (C=O) groups excluding carboxylic acids is 2. The summed E-state index contributed by atoms with van der Waals surface area (Å²) in [6.45, 7) is 4.79. The third kappa shape index (κ3) is 3.40.